The van der Waals surface area contributed by atoms with Crippen molar-refractivity contribution in [3.8, 4) is 22.6 Å². The Labute approximate surface area is 200 Å². The first-order valence-electron chi connectivity index (χ1n) is 11.1. The van der Waals surface area contributed by atoms with Gasteiger partial charge in [-0.2, -0.15) is 5.10 Å². The van der Waals surface area contributed by atoms with E-state index in [2.05, 4.69) is 35.5 Å². The van der Waals surface area contributed by atoms with Gasteiger partial charge in [0.1, 0.15) is 11.9 Å². The second kappa shape index (κ2) is 8.85. The number of carbonyl (C=O) groups excluding carboxylic acids is 1. The molecule has 0 bridgehead atoms. The smallest absolute Gasteiger partial charge is 0.226 e. The minimum atomic E-state index is -0.843. The highest BCUT2D eigenvalue weighted by molar-refractivity contribution is 5.95. The number of nitrogens with one attached hydrogen (secondary N) is 3. The number of hydrogen-bond acceptors (Lipinski definition) is 8. The van der Waals surface area contributed by atoms with E-state index in [0.717, 1.165) is 16.5 Å². The number of fused-ring (bicyclic) bond motifs is 2. The monoisotopic (exact) mass is 471 g/mol. The number of hydrogen-bond donors (Lipinski definition) is 4. The molecule has 1 atom stereocenters. The van der Waals surface area contributed by atoms with Crippen LogP contribution in [0.3, 0.4) is 0 Å². The van der Waals surface area contributed by atoms with Crippen molar-refractivity contribution in [1.29, 1.82) is 0 Å². The van der Waals surface area contributed by atoms with Crippen LogP contribution in [0.25, 0.3) is 44.7 Å². The minimum Gasteiger partial charge on any atom is -0.374 e. The average molecular weight is 472 g/mol. The normalized spacial score (nSPS) is 12.7. The van der Waals surface area contributed by atoms with Crippen molar-refractivity contribution in [2.45, 2.75) is 20.1 Å². The summed E-state index contributed by atoms with van der Waals surface area (Å²) in [6.07, 6.45) is 7.48. The molecule has 5 aromatic heterocycles. The van der Waals surface area contributed by atoms with E-state index in [9.17, 15) is 9.90 Å². The molecule has 0 fully saturated rings. The van der Waals surface area contributed by atoms with E-state index in [0.29, 0.717) is 39.4 Å². The van der Waals surface area contributed by atoms with E-state index in [-0.39, 0.29) is 11.8 Å². The van der Waals surface area contributed by atoms with Gasteiger partial charge in [-0.05, 0) is 26.2 Å². The van der Waals surface area contributed by atoms with Gasteiger partial charge in [-0.15, -0.1) is 0 Å². The van der Waals surface area contributed by atoms with Gasteiger partial charge in [0.2, 0.25) is 5.91 Å². The third-order valence-electron chi connectivity index (χ3n) is 5.70. The zero-order valence-corrected chi connectivity index (χ0v) is 19.7. The van der Waals surface area contributed by atoms with Crippen LogP contribution in [0.1, 0.15) is 25.6 Å². The third-order valence-corrected chi connectivity index (χ3v) is 5.70. The van der Waals surface area contributed by atoms with E-state index in [1.165, 1.54) is 0 Å². The van der Waals surface area contributed by atoms with Gasteiger partial charge in [0, 0.05) is 41.2 Å². The minimum absolute atomic E-state index is 0.0761. The number of nitrogens with zero attached hydrogens (tertiary/aromatic N) is 6. The highest BCUT2D eigenvalue weighted by Gasteiger charge is 2.19. The second-order valence-corrected chi connectivity index (χ2v) is 8.85. The molecular formula is C24H25N9O2. The van der Waals surface area contributed by atoms with Crippen molar-refractivity contribution in [3.05, 3.63) is 48.7 Å². The zero-order valence-electron chi connectivity index (χ0n) is 19.7. The lowest BCUT2D eigenvalue weighted by Crippen LogP contribution is -2.19. The third kappa shape index (κ3) is 4.22. The van der Waals surface area contributed by atoms with Crippen LogP contribution in [-0.2, 0) is 4.79 Å². The number of carbonyl (C=O) groups is 1. The summed E-state index contributed by atoms with van der Waals surface area (Å²) in [5.41, 5.74) is 5.35. The van der Waals surface area contributed by atoms with Gasteiger partial charge in [0.25, 0.3) is 0 Å². The molecule has 0 radical (unpaired) electrons. The molecule has 178 valence electrons. The Morgan fingerprint density at radius 2 is 1.83 bits per heavy atom. The van der Waals surface area contributed by atoms with Crippen LogP contribution in [0.5, 0.6) is 0 Å². The first-order valence-corrected chi connectivity index (χ1v) is 11.1. The standard InChI is InChI=1S/C24H25N9O2/c1-12(2)23(34)28-15-5-13(7-25-9-15)14-6-16-20(31-32-21(16)27-8-14)22-29-18-11-26-10-17(19(18)30-22)24(35)33(3)4/h5-12,24,35H,1-4H3,(H,28,34)(H,29,30)(H,27,31,32). The van der Waals surface area contributed by atoms with E-state index in [1.807, 2.05) is 26.0 Å². The quantitative estimate of drug-likeness (QED) is 0.276. The maximum absolute atomic E-state index is 12.1. The molecule has 0 aromatic carbocycles. The lowest BCUT2D eigenvalue weighted by molar-refractivity contribution is -0.118. The van der Waals surface area contributed by atoms with Crippen LogP contribution in [0, 0.1) is 5.92 Å². The Bertz CT molecular complexity index is 1540. The topological polar surface area (TPSA) is 149 Å². The fourth-order valence-electron chi connectivity index (χ4n) is 3.73. The molecule has 0 spiro atoms. The van der Waals surface area contributed by atoms with Gasteiger partial charge in [-0.25, -0.2) is 9.97 Å². The lowest BCUT2D eigenvalue weighted by Gasteiger charge is -2.18. The second-order valence-electron chi connectivity index (χ2n) is 8.85. The van der Waals surface area contributed by atoms with Crippen molar-refractivity contribution in [3.63, 3.8) is 0 Å². The molecule has 11 nitrogen and oxygen atoms in total. The summed E-state index contributed by atoms with van der Waals surface area (Å²) in [5.74, 6) is 0.342. The molecule has 35 heavy (non-hydrogen) atoms. The van der Waals surface area contributed by atoms with Crippen LogP contribution in [0.2, 0.25) is 0 Å². The van der Waals surface area contributed by atoms with Crippen molar-refractivity contribution >= 4 is 33.7 Å². The molecular weight excluding hydrogens is 446 g/mol. The summed E-state index contributed by atoms with van der Waals surface area (Å²) < 4.78 is 0. The Morgan fingerprint density at radius 1 is 1.06 bits per heavy atom. The Kier molecular flexibility index (Phi) is 5.71. The average Bonchev–Trinajstić information content (AvgIpc) is 3.47. The van der Waals surface area contributed by atoms with Crippen molar-refractivity contribution in [1.82, 2.24) is 40.0 Å². The number of H-pyrrole nitrogens is 2. The summed E-state index contributed by atoms with van der Waals surface area (Å²) >= 11 is 0. The van der Waals surface area contributed by atoms with Crippen molar-refractivity contribution in [2.24, 2.45) is 5.92 Å². The fraction of sp³-hybridized carbons (Fsp3) is 0.250. The van der Waals surface area contributed by atoms with Crippen LogP contribution < -0.4 is 5.32 Å². The number of aliphatic hydroxyl groups is 1. The molecule has 5 aromatic rings. The van der Waals surface area contributed by atoms with Crippen LogP contribution in [-0.4, -0.2) is 65.1 Å². The maximum atomic E-state index is 12.1. The Morgan fingerprint density at radius 3 is 2.60 bits per heavy atom. The summed E-state index contributed by atoms with van der Waals surface area (Å²) in [5, 5.41) is 21.5. The number of aromatic nitrogens is 7. The molecule has 0 aliphatic carbocycles. The first kappa shape index (κ1) is 22.6. The maximum Gasteiger partial charge on any atom is 0.226 e. The molecule has 11 heteroatoms. The highest BCUT2D eigenvalue weighted by Crippen LogP contribution is 2.31. The zero-order chi connectivity index (χ0) is 24.7. The van der Waals surface area contributed by atoms with Crippen LogP contribution in [0.4, 0.5) is 5.69 Å². The summed E-state index contributed by atoms with van der Waals surface area (Å²) in [7, 11) is 3.57. The Balaban J connectivity index is 1.55. The summed E-state index contributed by atoms with van der Waals surface area (Å²) in [4.78, 5) is 34.7. The molecule has 5 rings (SSSR count). The van der Waals surface area contributed by atoms with E-state index >= 15 is 0 Å². The fourth-order valence-corrected chi connectivity index (χ4v) is 3.73. The van der Waals surface area contributed by atoms with E-state index < -0.39 is 6.23 Å². The number of anilines is 1. The van der Waals surface area contributed by atoms with Gasteiger partial charge in [0.05, 0.1) is 34.5 Å². The van der Waals surface area contributed by atoms with Crippen LogP contribution >= 0.6 is 0 Å². The molecule has 1 amide bonds. The molecule has 0 saturated carbocycles. The number of amides is 1. The number of imidazole rings is 1. The molecule has 1 unspecified atom stereocenters. The van der Waals surface area contributed by atoms with Crippen LogP contribution in [0.15, 0.2) is 43.1 Å². The Hall–Kier alpha value is -4.22. The summed E-state index contributed by atoms with van der Waals surface area (Å²) in [6, 6.07) is 3.81. The van der Waals surface area contributed by atoms with E-state index in [1.54, 1.807) is 50.0 Å². The first-order chi connectivity index (χ1) is 16.8. The SMILES string of the molecule is CC(C)C(=O)Nc1cncc(-c2cnc3n[nH]c(-c4nc5c(C(O)N(C)C)cncc5[nH]4)c3c2)c1. The largest absolute Gasteiger partial charge is 0.374 e. The number of rotatable bonds is 6. The lowest BCUT2D eigenvalue weighted by atomic mass is 10.1. The van der Waals surface area contributed by atoms with Crippen molar-refractivity contribution in [2.75, 3.05) is 19.4 Å². The highest BCUT2D eigenvalue weighted by atomic mass is 16.3. The molecule has 0 aliphatic rings. The molecule has 0 aliphatic heterocycles. The predicted octanol–water partition coefficient (Wildman–Crippen LogP) is 3.11. The van der Waals surface area contributed by atoms with Gasteiger partial charge < -0.3 is 15.4 Å². The van der Waals surface area contributed by atoms with E-state index in [4.69, 9.17) is 4.98 Å². The number of pyridine rings is 3. The molecule has 0 saturated heterocycles. The van der Waals surface area contributed by atoms with Gasteiger partial charge >= 0.3 is 0 Å². The molecule has 4 N–H and O–H groups in total. The van der Waals surface area contributed by atoms with Gasteiger partial charge in [-0.1, -0.05) is 13.8 Å². The van der Waals surface area contributed by atoms with Gasteiger partial charge in [-0.3, -0.25) is 24.8 Å². The predicted molar refractivity (Wildman–Crippen MR) is 132 cm³/mol. The summed E-state index contributed by atoms with van der Waals surface area (Å²) in [6.45, 7) is 3.67. The number of aliphatic hydroxyl groups excluding tert-OH is 1. The van der Waals surface area contributed by atoms with Gasteiger partial charge in [0.15, 0.2) is 11.5 Å². The van der Waals surface area contributed by atoms with Crippen molar-refractivity contribution < 1.29 is 9.90 Å². The number of aromatic amines is 2. The molecule has 5 heterocycles.